The molecule has 0 unspecified atom stereocenters. The van der Waals surface area contributed by atoms with Gasteiger partial charge in [0, 0.05) is 6.54 Å². The van der Waals surface area contributed by atoms with Crippen molar-refractivity contribution in [3.63, 3.8) is 0 Å². The first-order valence-electron chi connectivity index (χ1n) is 6.37. The van der Waals surface area contributed by atoms with Gasteiger partial charge in [-0.25, -0.2) is 4.68 Å². The van der Waals surface area contributed by atoms with Gasteiger partial charge in [0.2, 0.25) is 0 Å². The first-order chi connectivity index (χ1) is 8.74. The zero-order valence-corrected chi connectivity index (χ0v) is 11.0. The second kappa shape index (κ2) is 6.31. The summed E-state index contributed by atoms with van der Waals surface area (Å²) in [6.07, 6.45) is 2.00. The molecule has 0 bridgehead atoms. The van der Waals surface area contributed by atoms with E-state index in [9.17, 15) is 0 Å². The van der Waals surface area contributed by atoms with Crippen LogP contribution in [0.5, 0.6) is 0 Å². The van der Waals surface area contributed by atoms with E-state index in [0.29, 0.717) is 5.92 Å². The molecule has 0 saturated carbocycles. The van der Waals surface area contributed by atoms with Gasteiger partial charge in [0.1, 0.15) is 0 Å². The predicted octanol–water partition coefficient (Wildman–Crippen LogP) is 2.07. The standard InChI is InChI=1S/C14H20N4/c1-12(2)8-15-9-14-11-18(17-16-14)10-13-6-4-3-5-7-13/h3-7,11-12,15H,8-10H2,1-2H3. The molecule has 0 aliphatic rings. The van der Waals surface area contributed by atoms with Crippen LogP contribution in [0.25, 0.3) is 0 Å². The molecule has 1 heterocycles. The highest BCUT2D eigenvalue weighted by Crippen LogP contribution is 2.02. The first kappa shape index (κ1) is 12.8. The van der Waals surface area contributed by atoms with E-state index in [1.165, 1.54) is 5.56 Å². The van der Waals surface area contributed by atoms with Crippen molar-refractivity contribution >= 4 is 0 Å². The molecular formula is C14H20N4. The molecule has 0 saturated heterocycles. The van der Waals surface area contributed by atoms with Crippen molar-refractivity contribution in [2.24, 2.45) is 5.92 Å². The Balaban J connectivity index is 1.86. The second-order valence-electron chi connectivity index (χ2n) is 4.92. The number of rotatable bonds is 6. The molecule has 0 radical (unpaired) electrons. The van der Waals surface area contributed by atoms with E-state index in [0.717, 1.165) is 25.3 Å². The summed E-state index contributed by atoms with van der Waals surface area (Å²) in [5.74, 6) is 0.657. The van der Waals surface area contributed by atoms with Crippen LogP contribution < -0.4 is 5.32 Å². The summed E-state index contributed by atoms with van der Waals surface area (Å²) in [6, 6.07) is 10.3. The predicted molar refractivity (Wildman–Crippen MR) is 72.1 cm³/mol. The highest BCUT2D eigenvalue weighted by Gasteiger charge is 2.01. The Kier molecular flexibility index (Phi) is 4.47. The molecule has 0 aliphatic heterocycles. The van der Waals surface area contributed by atoms with Gasteiger partial charge in [-0.1, -0.05) is 49.4 Å². The molecule has 0 amide bonds. The quantitative estimate of drug-likeness (QED) is 0.846. The van der Waals surface area contributed by atoms with Crippen molar-refractivity contribution < 1.29 is 0 Å². The first-order valence-corrected chi connectivity index (χ1v) is 6.37. The topological polar surface area (TPSA) is 42.7 Å². The van der Waals surface area contributed by atoms with E-state index in [2.05, 4.69) is 41.6 Å². The third kappa shape index (κ3) is 3.96. The normalized spacial score (nSPS) is 11.1. The molecular weight excluding hydrogens is 224 g/mol. The van der Waals surface area contributed by atoms with Crippen LogP contribution in [0.2, 0.25) is 0 Å². The van der Waals surface area contributed by atoms with Crippen molar-refractivity contribution in [3.05, 3.63) is 47.8 Å². The number of nitrogens with zero attached hydrogens (tertiary/aromatic N) is 3. The highest BCUT2D eigenvalue weighted by atomic mass is 15.4. The van der Waals surface area contributed by atoms with Crippen LogP contribution in [0.1, 0.15) is 25.1 Å². The molecule has 96 valence electrons. The molecule has 1 aromatic heterocycles. The van der Waals surface area contributed by atoms with E-state index in [4.69, 9.17) is 0 Å². The molecule has 0 atom stereocenters. The van der Waals surface area contributed by atoms with Gasteiger partial charge in [-0.2, -0.15) is 0 Å². The number of benzene rings is 1. The molecule has 1 N–H and O–H groups in total. The summed E-state index contributed by atoms with van der Waals surface area (Å²) in [5, 5.41) is 11.7. The van der Waals surface area contributed by atoms with Gasteiger partial charge in [0.25, 0.3) is 0 Å². The van der Waals surface area contributed by atoms with Crippen LogP contribution in [-0.2, 0) is 13.1 Å². The Bertz CT molecular complexity index is 462. The molecule has 0 spiro atoms. The Morgan fingerprint density at radius 3 is 2.72 bits per heavy atom. The van der Waals surface area contributed by atoms with Crippen LogP contribution >= 0.6 is 0 Å². The zero-order valence-electron chi connectivity index (χ0n) is 11.0. The highest BCUT2D eigenvalue weighted by molar-refractivity contribution is 5.14. The van der Waals surface area contributed by atoms with E-state index < -0.39 is 0 Å². The van der Waals surface area contributed by atoms with Gasteiger partial charge >= 0.3 is 0 Å². The van der Waals surface area contributed by atoms with Gasteiger partial charge < -0.3 is 5.32 Å². The molecule has 0 fully saturated rings. The largest absolute Gasteiger partial charge is 0.311 e. The molecule has 2 aromatic rings. The average molecular weight is 244 g/mol. The van der Waals surface area contributed by atoms with Crippen molar-refractivity contribution in [1.82, 2.24) is 20.3 Å². The minimum atomic E-state index is 0.657. The van der Waals surface area contributed by atoms with Gasteiger partial charge in [-0.15, -0.1) is 5.10 Å². The van der Waals surface area contributed by atoms with Crippen molar-refractivity contribution in [2.75, 3.05) is 6.54 Å². The summed E-state index contributed by atoms with van der Waals surface area (Å²) in [5.41, 5.74) is 2.23. The van der Waals surface area contributed by atoms with Crippen molar-refractivity contribution in [1.29, 1.82) is 0 Å². The second-order valence-corrected chi connectivity index (χ2v) is 4.92. The van der Waals surface area contributed by atoms with Crippen LogP contribution in [0.4, 0.5) is 0 Å². The van der Waals surface area contributed by atoms with Crippen LogP contribution in [-0.4, -0.2) is 21.5 Å². The maximum absolute atomic E-state index is 4.16. The van der Waals surface area contributed by atoms with E-state index in [-0.39, 0.29) is 0 Å². The molecule has 1 aromatic carbocycles. The minimum absolute atomic E-state index is 0.657. The fraction of sp³-hybridized carbons (Fsp3) is 0.429. The smallest absolute Gasteiger partial charge is 0.0964 e. The van der Waals surface area contributed by atoms with Gasteiger partial charge in [0.05, 0.1) is 18.4 Å². The molecule has 0 aliphatic carbocycles. The summed E-state index contributed by atoms with van der Waals surface area (Å²) in [6.45, 7) is 6.95. The average Bonchev–Trinajstić information content (AvgIpc) is 2.78. The molecule has 2 rings (SSSR count). The fourth-order valence-electron chi connectivity index (χ4n) is 1.76. The Labute approximate surface area is 108 Å². The Hall–Kier alpha value is -1.68. The van der Waals surface area contributed by atoms with E-state index in [1.807, 2.05) is 29.1 Å². The maximum Gasteiger partial charge on any atom is 0.0964 e. The lowest BCUT2D eigenvalue weighted by Gasteiger charge is -2.04. The van der Waals surface area contributed by atoms with Crippen molar-refractivity contribution in [2.45, 2.75) is 26.9 Å². The summed E-state index contributed by atoms with van der Waals surface area (Å²) in [4.78, 5) is 0. The third-order valence-corrected chi connectivity index (χ3v) is 2.63. The maximum atomic E-state index is 4.16. The SMILES string of the molecule is CC(C)CNCc1cn(Cc2ccccc2)nn1. The van der Waals surface area contributed by atoms with Gasteiger partial charge in [-0.3, -0.25) is 0 Å². The lowest BCUT2D eigenvalue weighted by Crippen LogP contribution is -2.19. The van der Waals surface area contributed by atoms with Gasteiger partial charge in [0.15, 0.2) is 0 Å². The monoisotopic (exact) mass is 244 g/mol. The number of hydrogen-bond acceptors (Lipinski definition) is 3. The van der Waals surface area contributed by atoms with Gasteiger partial charge in [-0.05, 0) is 18.0 Å². The van der Waals surface area contributed by atoms with Crippen LogP contribution in [0, 0.1) is 5.92 Å². The number of nitrogens with one attached hydrogen (secondary N) is 1. The number of aromatic nitrogens is 3. The van der Waals surface area contributed by atoms with Crippen LogP contribution in [0.3, 0.4) is 0 Å². The summed E-state index contributed by atoms with van der Waals surface area (Å²) >= 11 is 0. The minimum Gasteiger partial charge on any atom is -0.311 e. The lowest BCUT2D eigenvalue weighted by atomic mass is 10.2. The number of hydrogen-bond donors (Lipinski definition) is 1. The van der Waals surface area contributed by atoms with E-state index >= 15 is 0 Å². The Morgan fingerprint density at radius 1 is 1.22 bits per heavy atom. The molecule has 18 heavy (non-hydrogen) atoms. The van der Waals surface area contributed by atoms with Crippen molar-refractivity contribution in [3.8, 4) is 0 Å². The molecule has 4 nitrogen and oxygen atoms in total. The third-order valence-electron chi connectivity index (χ3n) is 2.63. The molecule has 4 heteroatoms. The Morgan fingerprint density at radius 2 is 2.00 bits per heavy atom. The van der Waals surface area contributed by atoms with Crippen LogP contribution in [0.15, 0.2) is 36.5 Å². The summed E-state index contributed by atoms with van der Waals surface area (Å²) in [7, 11) is 0. The lowest BCUT2D eigenvalue weighted by molar-refractivity contribution is 0.548. The zero-order chi connectivity index (χ0) is 12.8. The summed E-state index contributed by atoms with van der Waals surface area (Å²) < 4.78 is 1.88. The fourth-order valence-corrected chi connectivity index (χ4v) is 1.76. The van der Waals surface area contributed by atoms with E-state index in [1.54, 1.807) is 0 Å².